The highest BCUT2D eigenvalue weighted by atomic mass is 32.2. The lowest BCUT2D eigenvalue weighted by molar-refractivity contribution is 0.566. The molecule has 19 heavy (non-hydrogen) atoms. The molecule has 0 radical (unpaired) electrons. The summed E-state index contributed by atoms with van der Waals surface area (Å²) in [6.07, 6.45) is 0. The molecule has 0 spiro atoms. The van der Waals surface area contributed by atoms with Crippen LogP contribution >= 0.6 is 0 Å². The number of hydrogen-bond acceptors (Lipinski definition) is 4. The third-order valence-electron chi connectivity index (χ3n) is 3.39. The van der Waals surface area contributed by atoms with Crippen molar-refractivity contribution in [3.8, 4) is 0 Å². The summed E-state index contributed by atoms with van der Waals surface area (Å²) in [6, 6.07) is 4.57. The molecule has 1 fully saturated rings. The van der Waals surface area contributed by atoms with Crippen molar-refractivity contribution in [2.24, 2.45) is 0 Å². The third-order valence-corrected chi connectivity index (χ3v) is 5.18. The topological polar surface area (TPSA) is 49.4 Å². The van der Waals surface area contributed by atoms with Gasteiger partial charge in [0.1, 0.15) is 5.82 Å². The van der Waals surface area contributed by atoms with Gasteiger partial charge in [-0.1, -0.05) is 0 Å². The van der Waals surface area contributed by atoms with Crippen LogP contribution in [-0.2, 0) is 16.4 Å². The molecule has 106 valence electrons. The van der Waals surface area contributed by atoms with Gasteiger partial charge in [0.25, 0.3) is 0 Å². The molecule has 1 atom stereocenters. The molecular weight excluding hydrogens is 267 g/mol. The van der Waals surface area contributed by atoms with Crippen molar-refractivity contribution in [1.29, 1.82) is 0 Å². The molecule has 1 aromatic rings. The molecule has 0 bridgehead atoms. The van der Waals surface area contributed by atoms with Crippen LogP contribution in [0.1, 0.15) is 12.5 Å². The maximum absolute atomic E-state index is 13.3. The van der Waals surface area contributed by atoms with Gasteiger partial charge >= 0.3 is 0 Å². The second-order valence-electron chi connectivity index (χ2n) is 4.96. The summed E-state index contributed by atoms with van der Waals surface area (Å²) in [5, 5.41) is 3.01. The van der Waals surface area contributed by atoms with Crippen molar-refractivity contribution in [3.05, 3.63) is 29.6 Å². The minimum atomic E-state index is -2.94. The molecule has 0 aromatic heterocycles. The minimum Gasteiger partial charge on any atom is -0.367 e. The Morgan fingerprint density at radius 1 is 1.47 bits per heavy atom. The molecule has 1 heterocycles. The van der Waals surface area contributed by atoms with E-state index >= 15 is 0 Å². The zero-order valence-corrected chi connectivity index (χ0v) is 12.0. The summed E-state index contributed by atoms with van der Waals surface area (Å²) in [4.78, 5) is 2.05. The molecule has 0 amide bonds. The molecule has 6 heteroatoms. The van der Waals surface area contributed by atoms with Crippen molar-refractivity contribution >= 4 is 15.5 Å². The largest absolute Gasteiger partial charge is 0.367 e. The van der Waals surface area contributed by atoms with Gasteiger partial charge in [-0.3, -0.25) is 0 Å². The highest BCUT2D eigenvalue weighted by molar-refractivity contribution is 7.91. The summed E-state index contributed by atoms with van der Waals surface area (Å²) in [5.74, 6) is 0.0446. The molecule has 1 aliphatic heterocycles. The molecular formula is C13H19FN2O2S. The SMILES string of the molecule is CNCc1cc(F)ccc1N1CCS(=O)(=O)CC1C. The predicted octanol–water partition coefficient (Wildman–Crippen LogP) is 1.17. The van der Waals surface area contributed by atoms with E-state index in [1.807, 2.05) is 11.8 Å². The summed E-state index contributed by atoms with van der Waals surface area (Å²) in [5.41, 5.74) is 1.77. The van der Waals surface area contributed by atoms with Crippen LogP contribution in [0, 0.1) is 5.82 Å². The van der Waals surface area contributed by atoms with Crippen molar-refractivity contribution in [2.45, 2.75) is 19.5 Å². The zero-order chi connectivity index (χ0) is 14.0. The van der Waals surface area contributed by atoms with E-state index < -0.39 is 9.84 Å². The van der Waals surface area contributed by atoms with E-state index in [2.05, 4.69) is 5.32 Å². The van der Waals surface area contributed by atoms with Gasteiger partial charge in [0, 0.05) is 24.8 Å². The quantitative estimate of drug-likeness (QED) is 0.906. The smallest absolute Gasteiger partial charge is 0.154 e. The first-order chi connectivity index (χ1) is 8.93. The summed E-state index contributed by atoms with van der Waals surface area (Å²) in [6.45, 7) is 2.91. The number of sulfone groups is 1. The fourth-order valence-corrected chi connectivity index (χ4v) is 4.08. The standard InChI is InChI=1S/C13H19FN2O2S/c1-10-9-19(17,18)6-5-16(10)13-4-3-12(14)7-11(13)8-15-2/h3-4,7,10,15H,5-6,8-9H2,1-2H3. The molecule has 1 aliphatic rings. The Kier molecular flexibility index (Phi) is 4.10. The highest BCUT2D eigenvalue weighted by Crippen LogP contribution is 2.26. The van der Waals surface area contributed by atoms with Crippen LogP contribution in [0.15, 0.2) is 18.2 Å². The molecule has 0 aliphatic carbocycles. The highest BCUT2D eigenvalue weighted by Gasteiger charge is 2.29. The number of rotatable bonds is 3. The van der Waals surface area contributed by atoms with Crippen LogP contribution in [-0.4, -0.2) is 39.6 Å². The second kappa shape index (κ2) is 5.46. The number of anilines is 1. The summed E-state index contributed by atoms with van der Waals surface area (Å²) in [7, 11) is -1.13. The summed E-state index contributed by atoms with van der Waals surface area (Å²) >= 11 is 0. The van der Waals surface area contributed by atoms with E-state index in [0.717, 1.165) is 11.3 Å². The van der Waals surface area contributed by atoms with Crippen LogP contribution in [0.5, 0.6) is 0 Å². The molecule has 4 nitrogen and oxygen atoms in total. The van der Waals surface area contributed by atoms with Crippen molar-refractivity contribution in [1.82, 2.24) is 5.32 Å². The van der Waals surface area contributed by atoms with Gasteiger partial charge in [-0.05, 0) is 37.7 Å². The maximum Gasteiger partial charge on any atom is 0.154 e. The molecule has 1 N–H and O–H groups in total. The number of nitrogens with one attached hydrogen (secondary N) is 1. The first kappa shape index (κ1) is 14.3. The molecule has 0 saturated carbocycles. The lowest BCUT2D eigenvalue weighted by atomic mass is 10.1. The summed E-state index contributed by atoms with van der Waals surface area (Å²) < 4.78 is 36.5. The number of nitrogens with zero attached hydrogens (tertiary/aromatic N) is 1. The second-order valence-corrected chi connectivity index (χ2v) is 7.19. The monoisotopic (exact) mass is 286 g/mol. The van der Waals surface area contributed by atoms with E-state index in [-0.39, 0.29) is 23.4 Å². The normalized spacial score (nSPS) is 22.5. The molecule has 1 saturated heterocycles. The van der Waals surface area contributed by atoms with Crippen LogP contribution in [0.3, 0.4) is 0 Å². The van der Waals surface area contributed by atoms with E-state index in [4.69, 9.17) is 0 Å². The van der Waals surface area contributed by atoms with Crippen molar-refractivity contribution in [2.75, 3.05) is 30.0 Å². The first-order valence-electron chi connectivity index (χ1n) is 6.33. The third kappa shape index (κ3) is 3.25. The number of benzene rings is 1. The molecule has 1 unspecified atom stereocenters. The Labute approximate surface area is 113 Å². The van der Waals surface area contributed by atoms with Crippen LogP contribution in [0.2, 0.25) is 0 Å². The Hall–Kier alpha value is -1.14. The first-order valence-corrected chi connectivity index (χ1v) is 8.15. The van der Waals surface area contributed by atoms with E-state index in [1.165, 1.54) is 12.1 Å². The van der Waals surface area contributed by atoms with Gasteiger partial charge in [0.05, 0.1) is 11.5 Å². The lowest BCUT2D eigenvalue weighted by Gasteiger charge is -2.36. The fraction of sp³-hybridized carbons (Fsp3) is 0.538. The molecule has 1 aromatic carbocycles. The Morgan fingerprint density at radius 3 is 2.84 bits per heavy atom. The van der Waals surface area contributed by atoms with Gasteiger partial charge < -0.3 is 10.2 Å². The average molecular weight is 286 g/mol. The minimum absolute atomic E-state index is 0.0835. The Morgan fingerprint density at radius 2 is 2.21 bits per heavy atom. The Balaban J connectivity index is 2.31. The number of halogens is 1. The van der Waals surface area contributed by atoms with Crippen LogP contribution in [0.4, 0.5) is 10.1 Å². The Bertz CT molecular complexity index is 560. The average Bonchev–Trinajstić information content (AvgIpc) is 2.30. The van der Waals surface area contributed by atoms with Crippen LogP contribution < -0.4 is 10.2 Å². The van der Waals surface area contributed by atoms with Gasteiger partial charge in [-0.25, -0.2) is 12.8 Å². The lowest BCUT2D eigenvalue weighted by Crippen LogP contribution is -2.47. The fourth-order valence-electron chi connectivity index (χ4n) is 2.52. The van der Waals surface area contributed by atoms with Gasteiger partial charge in [0.15, 0.2) is 9.84 Å². The maximum atomic E-state index is 13.3. The zero-order valence-electron chi connectivity index (χ0n) is 11.2. The molecule has 2 rings (SSSR count). The van der Waals surface area contributed by atoms with Gasteiger partial charge in [-0.2, -0.15) is 0 Å². The van der Waals surface area contributed by atoms with E-state index in [1.54, 1.807) is 13.1 Å². The predicted molar refractivity (Wildman–Crippen MR) is 74.6 cm³/mol. The number of hydrogen-bond donors (Lipinski definition) is 1. The van der Waals surface area contributed by atoms with Crippen molar-refractivity contribution in [3.63, 3.8) is 0 Å². The van der Waals surface area contributed by atoms with E-state index in [0.29, 0.717) is 13.1 Å². The van der Waals surface area contributed by atoms with E-state index in [9.17, 15) is 12.8 Å². The van der Waals surface area contributed by atoms with Crippen molar-refractivity contribution < 1.29 is 12.8 Å². The van der Waals surface area contributed by atoms with Gasteiger partial charge in [-0.15, -0.1) is 0 Å². The van der Waals surface area contributed by atoms with Gasteiger partial charge in [0.2, 0.25) is 0 Å². The van der Waals surface area contributed by atoms with Crippen LogP contribution in [0.25, 0.3) is 0 Å².